The number of nitrogens with zero attached hydrogens (tertiary/aromatic N) is 1. The third-order valence-electron chi connectivity index (χ3n) is 6.49. The summed E-state index contributed by atoms with van der Waals surface area (Å²) in [6, 6.07) is 21.7. The normalized spacial score (nSPS) is 17.3. The van der Waals surface area contributed by atoms with E-state index in [1.165, 1.54) is 31.5 Å². The number of fused-ring (bicyclic) bond motifs is 1. The number of likely N-dealkylation sites (tertiary alicyclic amines) is 1. The molecule has 2 heterocycles. The van der Waals surface area contributed by atoms with Gasteiger partial charge in [0, 0.05) is 18.8 Å². The van der Waals surface area contributed by atoms with E-state index in [9.17, 15) is 9.59 Å². The van der Waals surface area contributed by atoms with Crippen LogP contribution in [0.4, 0.5) is 16.2 Å². The van der Waals surface area contributed by atoms with E-state index in [0.29, 0.717) is 23.7 Å². The van der Waals surface area contributed by atoms with E-state index < -0.39 is 6.10 Å². The zero-order valence-electron chi connectivity index (χ0n) is 19.8. The smallest absolute Gasteiger partial charge is 0.319 e. The predicted octanol–water partition coefficient (Wildman–Crippen LogP) is 4.99. The maximum absolute atomic E-state index is 12.6. The summed E-state index contributed by atoms with van der Waals surface area (Å²) in [5.41, 5.74) is 5.71. The molecule has 3 amide bonds. The predicted molar refractivity (Wildman–Crippen MR) is 137 cm³/mol. The lowest BCUT2D eigenvalue weighted by molar-refractivity contribution is -0.122. The van der Waals surface area contributed by atoms with E-state index in [2.05, 4.69) is 51.2 Å². The summed E-state index contributed by atoms with van der Waals surface area (Å²) >= 11 is 0. The molecule has 35 heavy (non-hydrogen) atoms. The Bertz CT molecular complexity index is 1220. The fraction of sp³-hybridized carbons (Fsp3) is 0.286. The molecule has 7 heteroatoms. The van der Waals surface area contributed by atoms with Gasteiger partial charge in [0.25, 0.3) is 5.91 Å². The number of amides is 3. The number of hydrogen-bond donors (Lipinski definition) is 3. The number of ether oxygens (including phenoxy) is 1. The molecular weight excluding hydrogens is 440 g/mol. The van der Waals surface area contributed by atoms with Crippen LogP contribution in [0.25, 0.3) is 11.1 Å². The van der Waals surface area contributed by atoms with Crippen LogP contribution in [0.5, 0.6) is 5.75 Å². The van der Waals surface area contributed by atoms with Gasteiger partial charge in [0.05, 0.1) is 5.69 Å². The molecule has 0 radical (unpaired) electrons. The second kappa shape index (κ2) is 10.2. The van der Waals surface area contributed by atoms with Gasteiger partial charge in [-0.05, 0) is 73.3 Å². The summed E-state index contributed by atoms with van der Waals surface area (Å²) in [6.45, 7) is 5.45. The minimum atomic E-state index is -0.536. The number of rotatable bonds is 6. The maximum Gasteiger partial charge on any atom is 0.319 e. The van der Waals surface area contributed by atoms with E-state index in [1.54, 1.807) is 25.1 Å². The van der Waals surface area contributed by atoms with E-state index in [4.69, 9.17) is 4.74 Å². The van der Waals surface area contributed by atoms with Crippen LogP contribution in [0.2, 0.25) is 0 Å². The lowest BCUT2D eigenvalue weighted by Gasteiger charge is -2.23. The van der Waals surface area contributed by atoms with E-state index in [1.807, 2.05) is 18.2 Å². The fourth-order valence-electron chi connectivity index (χ4n) is 4.58. The number of carbonyl (C=O) groups is 2. The van der Waals surface area contributed by atoms with Crippen molar-refractivity contribution < 1.29 is 14.3 Å². The molecule has 2 aliphatic rings. The number of carbonyl (C=O) groups excluding carboxylic acids is 2. The van der Waals surface area contributed by atoms with Crippen LogP contribution in [-0.4, -0.2) is 36.0 Å². The average molecular weight is 471 g/mol. The Morgan fingerprint density at radius 1 is 1.06 bits per heavy atom. The average Bonchev–Trinajstić information content (AvgIpc) is 3.37. The van der Waals surface area contributed by atoms with Crippen molar-refractivity contribution in [3.05, 3.63) is 77.9 Å². The third-order valence-corrected chi connectivity index (χ3v) is 6.49. The largest absolute Gasteiger partial charge is 0.479 e. The Morgan fingerprint density at radius 2 is 1.83 bits per heavy atom. The van der Waals surface area contributed by atoms with Crippen LogP contribution in [0.3, 0.4) is 0 Å². The second-order valence-corrected chi connectivity index (χ2v) is 9.11. The molecule has 7 nitrogen and oxygen atoms in total. The van der Waals surface area contributed by atoms with Crippen molar-refractivity contribution in [2.75, 3.05) is 23.7 Å². The van der Waals surface area contributed by atoms with Crippen molar-refractivity contribution in [1.29, 1.82) is 0 Å². The van der Waals surface area contributed by atoms with Crippen LogP contribution in [0.15, 0.2) is 66.7 Å². The molecule has 0 spiro atoms. The zero-order valence-corrected chi connectivity index (χ0v) is 19.8. The minimum absolute atomic E-state index is 0.209. The first kappa shape index (κ1) is 22.9. The first-order chi connectivity index (χ1) is 17.0. The van der Waals surface area contributed by atoms with Gasteiger partial charge in [-0.3, -0.25) is 9.69 Å². The highest BCUT2D eigenvalue weighted by Crippen LogP contribution is 2.32. The Morgan fingerprint density at radius 3 is 2.63 bits per heavy atom. The second-order valence-electron chi connectivity index (χ2n) is 9.11. The first-order valence-electron chi connectivity index (χ1n) is 12.1. The summed E-state index contributed by atoms with van der Waals surface area (Å²) in [7, 11) is 0. The van der Waals surface area contributed by atoms with Crippen LogP contribution >= 0.6 is 0 Å². The Hall–Kier alpha value is -3.84. The van der Waals surface area contributed by atoms with Gasteiger partial charge in [-0.25, -0.2) is 4.79 Å². The van der Waals surface area contributed by atoms with Gasteiger partial charge in [0.2, 0.25) is 0 Å². The monoisotopic (exact) mass is 470 g/mol. The molecule has 1 unspecified atom stereocenters. The SMILES string of the molecule is CC1Oc2ccc(NC(=O)NCc3ccccc3-c3ccc(CN4CCCC4)cc3)cc2NC1=O. The highest BCUT2D eigenvalue weighted by Gasteiger charge is 2.23. The van der Waals surface area contributed by atoms with Gasteiger partial charge < -0.3 is 20.7 Å². The van der Waals surface area contributed by atoms with Crippen LogP contribution in [0.1, 0.15) is 30.9 Å². The van der Waals surface area contributed by atoms with Crippen molar-refractivity contribution in [2.45, 2.75) is 39.0 Å². The quantitative estimate of drug-likeness (QED) is 0.474. The van der Waals surface area contributed by atoms with E-state index >= 15 is 0 Å². The number of benzene rings is 3. The third kappa shape index (κ3) is 5.46. The highest BCUT2D eigenvalue weighted by molar-refractivity contribution is 5.99. The van der Waals surface area contributed by atoms with Gasteiger partial charge in [-0.2, -0.15) is 0 Å². The van der Waals surface area contributed by atoms with Crippen molar-refractivity contribution >= 4 is 23.3 Å². The molecule has 0 saturated carbocycles. The Labute approximate surface area is 205 Å². The molecule has 3 N–H and O–H groups in total. The van der Waals surface area contributed by atoms with Crippen molar-refractivity contribution in [2.24, 2.45) is 0 Å². The van der Waals surface area contributed by atoms with Gasteiger partial charge in [0.1, 0.15) is 5.75 Å². The summed E-state index contributed by atoms with van der Waals surface area (Å²) in [5, 5.41) is 8.56. The van der Waals surface area contributed by atoms with Gasteiger partial charge in [-0.15, -0.1) is 0 Å². The van der Waals surface area contributed by atoms with Crippen molar-refractivity contribution in [3.63, 3.8) is 0 Å². The fourth-order valence-corrected chi connectivity index (χ4v) is 4.58. The molecule has 180 valence electrons. The van der Waals surface area contributed by atoms with Crippen molar-refractivity contribution in [1.82, 2.24) is 10.2 Å². The molecule has 2 aliphatic heterocycles. The molecule has 5 rings (SSSR count). The zero-order chi connectivity index (χ0) is 24.2. The Balaban J connectivity index is 1.21. The number of urea groups is 1. The Kier molecular flexibility index (Phi) is 6.68. The molecule has 1 atom stereocenters. The minimum Gasteiger partial charge on any atom is -0.479 e. The molecule has 0 bridgehead atoms. The lowest BCUT2D eigenvalue weighted by Crippen LogP contribution is -2.34. The topological polar surface area (TPSA) is 82.7 Å². The van der Waals surface area contributed by atoms with Crippen LogP contribution < -0.4 is 20.7 Å². The summed E-state index contributed by atoms with van der Waals surface area (Å²) in [6.07, 6.45) is 2.05. The molecule has 1 fully saturated rings. The van der Waals surface area contributed by atoms with Gasteiger partial charge in [0.15, 0.2) is 6.10 Å². The van der Waals surface area contributed by atoms with Crippen molar-refractivity contribution in [3.8, 4) is 16.9 Å². The van der Waals surface area contributed by atoms with Gasteiger partial charge in [-0.1, -0.05) is 48.5 Å². The van der Waals surface area contributed by atoms with E-state index in [-0.39, 0.29) is 11.9 Å². The summed E-state index contributed by atoms with van der Waals surface area (Å²) < 4.78 is 5.56. The molecule has 1 saturated heterocycles. The van der Waals surface area contributed by atoms with Crippen LogP contribution in [0, 0.1) is 0 Å². The summed E-state index contributed by atoms with van der Waals surface area (Å²) in [5.74, 6) is 0.378. The number of hydrogen-bond acceptors (Lipinski definition) is 4. The lowest BCUT2D eigenvalue weighted by atomic mass is 9.98. The number of nitrogens with one attached hydrogen (secondary N) is 3. The molecule has 3 aromatic rings. The molecule has 0 aromatic heterocycles. The number of anilines is 2. The standard InChI is InChI=1S/C28H30N4O3/c1-19-27(33)31-25-16-23(12-13-26(25)35-19)30-28(34)29-17-22-6-2-3-7-24(22)21-10-8-20(9-11-21)18-32-14-4-5-15-32/h2-3,6-13,16,19H,4-5,14-15,17-18H2,1H3,(H,31,33)(H2,29,30,34). The molecule has 3 aromatic carbocycles. The van der Waals surface area contributed by atoms with E-state index in [0.717, 1.165) is 23.2 Å². The first-order valence-corrected chi connectivity index (χ1v) is 12.1. The molecule has 0 aliphatic carbocycles. The maximum atomic E-state index is 12.6. The van der Waals surface area contributed by atoms with Gasteiger partial charge >= 0.3 is 6.03 Å². The molecular formula is C28H30N4O3. The highest BCUT2D eigenvalue weighted by atomic mass is 16.5. The van der Waals surface area contributed by atoms with Crippen LogP contribution in [-0.2, 0) is 17.9 Å². The summed E-state index contributed by atoms with van der Waals surface area (Å²) in [4.78, 5) is 26.9.